The van der Waals surface area contributed by atoms with E-state index in [1.54, 1.807) is 0 Å². The lowest BCUT2D eigenvalue weighted by atomic mass is 10.0. The van der Waals surface area contributed by atoms with Crippen molar-refractivity contribution in [2.75, 3.05) is 13.2 Å². The van der Waals surface area contributed by atoms with Crippen LogP contribution in [0.25, 0.3) is 0 Å². The molecule has 0 aromatic carbocycles. The van der Waals surface area contributed by atoms with Crippen LogP contribution in [0.2, 0.25) is 0 Å². The van der Waals surface area contributed by atoms with E-state index in [0.29, 0.717) is 19.3 Å². The minimum atomic E-state index is -0.775. The van der Waals surface area contributed by atoms with Crippen molar-refractivity contribution in [1.82, 2.24) is 0 Å². The maximum Gasteiger partial charge on any atom is 0.306 e. The van der Waals surface area contributed by atoms with Crippen molar-refractivity contribution in [3.05, 3.63) is 48.6 Å². The molecular formula is C72H132O6. The smallest absolute Gasteiger partial charge is 0.306 e. The van der Waals surface area contributed by atoms with E-state index in [4.69, 9.17) is 14.2 Å². The summed E-state index contributed by atoms with van der Waals surface area (Å²) in [7, 11) is 0. The van der Waals surface area contributed by atoms with E-state index in [0.717, 1.165) is 89.9 Å². The van der Waals surface area contributed by atoms with Gasteiger partial charge in [-0.2, -0.15) is 0 Å². The Labute approximate surface area is 486 Å². The Hall–Kier alpha value is -2.63. The van der Waals surface area contributed by atoms with Gasteiger partial charge in [-0.1, -0.05) is 345 Å². The number of hydrogen-bond acceptors (Lipinski definition) is 6. The van der Waals surface area contributed by atoms with Crippen LogP contribution in [0.5, 0.6) is 0 Å². The van der Waals surface area contributed by atoms with E-state index in [1.807, 2.05) is 0 Å². The fraction of sp³-hybridized carbons (Fsp3) is 0.847. The monoisotopic (exact) mass is 1090 g/mol. The van der Waals surface area contributed by atoms with E-state index < -0.39 is 6.10 Å². The van der Waals surface area contributed by atoms with Crippen LogP contribution in [-0.2, 0) is 28.6 Å². The first-order valence-corrected chi connectivity index (χ1v) is 34.6. The second-order valence-corrected chi connectivity index (χ2v) is 23.4. The highest BCUT2D eigenvalue weighted by Crippen LogP contribution is 2.18. The molecule has 0 fully saturated rings. The number of rotatable bonds is 64. The topological polar surface area (TPSA) is 78.9 Å². The fourth-order valence-corrected chi connectivity index (χ4v) is 10.4. The summed E-state index contributed by atoms with van der Waals surface area (Å²) in [6.45, 7) is 6.58. The van der Waals surface area contributed by atoms with Crippen molar-refractivity contribution < 1.29 is 28.6 Å². The number of esters is 3. The van der Waals surface area contributed by atoms with Gasteiger partial charge in [0.15, 0.2) is 6.10 Å². The maximum absolute atomic E-state index is 12.9. The summed E-state index contributed by atoms with van der Waals surface area (Å²) in [5.74, 6) is -0.856. The molecule has 0 saturated carbocycles. The molecule has 0 radical (unpaired) electrons. The van der Waals surface area contributed by atoms with Crippen molar-refractivity contribution in [3.8, 4) is 0 Å². The van der Waals surface area contributed by atoms with Gasteiger partial charge in [-0.25, -0.2) is 0 Å². The van der Waals surface area contributed by atoms with Gasteiger partial charge >= 0.3 is 17.9 Å². The molecule has 0 aliphatic heterocycles. The number of carbonyl (C=O) groups is 3. The highest BCUT2D eigenvalue weighted by molar-refractivity contribution is 5.71. The summed E-state index contributed by atoms with van der Waals surface area (Å²) < 4.78 is 17.0. The second kappa shape index (κ2) is 66.9. The largest absolute Gasteiger partial charge is 0.462 e. The van der Waals surface area contributed by atoms with Crippen LogP contribution in [0, 0.1) is 0 Å². The maximum atomic E-state index is 12.9. The summed E-state index contributed by atoms with van der Waals surface area (Å²) in [5, 5.41) is 0. The fourth-order valence-electron chi connectivity index (χ4n) is 10.4. The van der Waals surface area contributed by atoms with E-state index in [-0.39, 0.29) is 31.1 Å². The van der Waals surface area contributed by atoms with Gasteiger partial charge in [0, 0.05) is 19.3 Å². The summed E-state index contributed by atoms with van der Waals surface area (Å²) in [6.07, 6.45) is 84.3. The first kappa shape index (κ1) is 75.4. The van der Waals surface area contributed by atoms with Crippen molar-refractivity contribution in [2.45, 2.75) is 380 Å². The van der Waals surface area contributed by atoms with Gasteiger partial charge in [0.2, 0.25) is 0 Å². The Bertz CT molecular complexity index is 1350. The van der Waals surface area contributed by atoms with Crippen molar-refractivity contribution >= 4 is 17.9 Å². The molecule has 0 bridgehead atoms. The van der Waals surface area contributed by atoms with E-state index >= 15 is 0 Å². The molecule has 0 N–H and O–H groups in total. The number of allylic oxidation sites excluding steroid dienone is 8. The zero-order valence-corrected chi connectivity index (χ0v) is 52.5. The summed E-state index contributed by atoms with van der Waals surface area (Å²) in [4.78, 5) is 38.3. The predicted octanol–water partition coefficient (Wildman–Crippen LogP) is 23.7. The lowest BCUT2D eigenvalue weighted by Crippen LogP contribution is -2.30. The Kier molecular flexibility index (Phi) is 64.6. The van der Waals surface area contributed by atoms with Gasteiger partial charge in [0.25, 0.3) is 0 Å². The van der Waals surface area contributed by atoms with Crippen LogP contribution in [0.1, 0.15) is 374 Å². The zero-order valence-electron chi connectivity index (χ0n) is 52.5. The van der Waals surface area contributed by atoms with Gasteiger partial charge in [-0.3, -0.25) is 14.4 Å². The molecule has 78 heavy (non-hydrogen) atoms. The molecule has 0 rings (SSSR count). The number of unbranched alkanes of at least 4 members (excludes halogenated alkanes) is 45. The van der Waals surface area contributed by atoms with E-state index in [2.05, 4.69) is 69.4 Å². The van der Waals surface area contributed by atoms with Crippen molar-refractivity contribution in [1.29, 1.82) is 0 Å². The van der Waals surface area contributed by atoms with Crippen molar-refractivity contribution in [2.24, 2.45) is 0 Å². The first-order valence-electron chi connectivity index (χ1n) is 34.6. The second-order valence-electron chi connectivity index (χ2n) is 23.4. The summed E-state index contributed by atoms with van der Waals surface area (Å²) in [5.41, 5.74) is 0. The molecule has 1 atom stereocenters. The molecule has 0 aromatic heterocycles. The molecule has 0 aromatic rings. The minimum absolute atomic E-state index is 0.0713. The number of carbonyl (C=O) groups excluding carboxylic acids is 3. The zero-order chi connectivity index (χ0) is 56.4. The standard InChI is InChI=1S/C72H132O6/c1-4-7-10-13-16-19-22-24-26-28-30-32-33-34-35-36-37-38-40-41-43-45-47-50-53-56-59-62-65-71(74)77-68-69(67-76-70(73)64-61-58-55-52-49-21-18-15-12-9-6-3)78-72(75)66-63-60-57-54-51-48-46-44-42-39-31-29-27-25-23-20-17-14-11-8-5-2/h8,11,17,20,25,27,31,39,69H,4-7,9-10,12-16,18-19,21-24,26,28-30,32-38,40-68H2,1-3H3/b11-8-,20-17-,27-25-,39-31-. The molecule has 6 nitrogen and oxygen atoms in total. The Morgan fingerprint density at radius 1 is 0.269 bits per heavy atom. The first-order chi connectivity index (χ1) is 38.5. The normalized spacial score (nSPS) is 12.3. The van der Waals surface area contributed by atoms with Gasteiger partial charge in [0.1, 0.15) is 13.2 Å². The third-order valence-corrected chi connectivity index (χ3v) is 15.6. The molecular weight excluding hydrogens is 961 g/mol. The summed E-state index contributed by atoms with van der Waals surface area (Å²) in [6, 6.07) is 0. The number of ether oxygens (including phenoxy) is 3. The van der Waals surface area contributed by atoms with Crippen LogP contribution < -0.4 is 0 Å². The summed E-state index contributed by atoms with van der Waals surface area (Å²) >= 11 is 0. The average molecular weight is 1090 g/mol. The van der Waals surface area contributed by atoms with Crippen LogP contribution in [0.15, 0.2) is 48.6 Å². The molecule has 0 aliphatic carbocycles. The molecule has 0 saturated heterocycles. The van der Waals surface area contributed by atoms with Gasteiger partial charge < -0.3 is 14.2 Å². The highest BCUT2D eigenvalue weighted by Gasteiger charge is 2.19. The van der Waals surface area contributed by atoms with Crippen molar-refractivity contribution in [3.63, 3.8) is 0 Å². The Morgan fingerprint density at radius 3 is 0.782 bits per heavy atom. The lowest BCUT2D eigenvalue weighted by molar-refractivity contribution is -0.167. The SMILES string of the molecule is CC/C=C\C/C=C\C/C=C\C/C=C\CCCCCCCCCCC(=O)OC(COC(=O)CCCCCCCCCCCCC)COC(=O)CCCCCCCCCCCCCCCCCCCCCCCCCCCCCC. The van der Waals surface area contributed by atoms with Crippen LogP contribution in [0.4, 0.5) is 0 Å². The molecule has 6 heteroatoms. The van der Waals surface area contributed by atoms with E-state index in [9.17, 15) is 14.4 Å². The molecule has 456 valence electrons. The Morgan fingerprint density at radius 2 is 0.500 bits per heavy atom. The molecule has 0 amide bonds. The predicted molar refractivity (Wildman–Crippen MR) is 339 cm³/mol. The molecule has 1 unspecified atom stereocenters. The highest BCUT2D eigenvalue weighted by atomic mass is 16.6. The average Bonchev–Trinajstić information content (AvgIpc) is 3.44. The lowest BCUT2D eigenvalue weighted by Gasteiger charge is -2.18. The van der Waals surface area contributed by atoms with Gasteiger partial charge in [-0.05, 0) is 57.8 Å². The van der Waals surface area contributed by atoms with Crippen LogP contribution in [-0.4, -0.2) is 37.2 Å². The third kappa shape index (κ3) is 64.2. The Balaban J connectivity index is 4.17. The van der Waals surface area contributed by atoms with E-state index in [1.165, 1.54) is 244 Å². The van der Waals surface area contributed by atoms with Gasteiger partial charge in [-0.15, -0.1) is 0 Å². The quantitative estimate of drug-likeness (QED) is 0.0261. The van der Waals surface area contributed by atoms with Crippen LogP contribution in [0.3, 0.4) is 0 Å². The van der Waals surface area contributed by atoms with Gasteiger partial charge in [0.05, 0.1) is 0 Å². The molecule has 0 aliphatic rings. The molecule has 0 heterocycles. The van der Waals surface area contributed by atoms with Crippen LogP contribution >= 0.6 is 0 Å². The number of hydrogen-bond donors (Lipinski definition) is 0. The molecule has 0 spiro atoms. The third-order valence-electron chi connectivity index (χ3n) is 15.6. The minimum Gasteiger partial charge on any atom is -0.462 e.